The van der Waals surface area contributed by atoms with Crippen LogP contribution in [0.2, 0.25) is 0 Å². The van der Waals surface area contributed by atoms with Crippen molar-refractivity contribution in [3.05, 3.63) is 0 Å². The van der Waals surface area contributed by atoms with Crippen LogP contribution < -0.4 is 5.32 Å². The van der Waals surface area contributed by atoms with E-state index in [2.05, 4.69) is 19.2 Å². The fourth-order valence-corrected chi connectivity index (χ4v) is 3.44. The maximum Gasteiger partial charge on any atom is 0.312 e. The third kappa shape index (κ3) is 4.91. The van der Waals surface area contributed by atoms with Crippen molar-refractivity contribution in [2.45, 2.75) is 70.6 Å². The number of methoxy groups -OCH3 is 2. The number of unbranched alkanes of at least 4 members (excludes halogenated alkanes) is 2. The van der Waals surface area contributed by atoms with E-state index in [0.29, 0.717) is 0 Å². The average Bonchev–Trinajstić information content (AvgIpc) is 2.56. The highest BCUT2D eigenvalue weighted by Gasteiger charge is 2.50. The summed E-state index contributed by atoms with van der Waals surface area (Å²) < 4.78 is 9.71. The summed E-state index contributed by atoms with van der Waals surface area (Å²) in [5, 5.41) is 14.2. The Balaban J connectivity index is 3.04. The molecule has 1 rings (SSSR count). The average molecular weight is 329 g/mol. The first-order chi connectivity index (χ1) is 11.0. The molecule has 1 heterocycles. The fraction of sp³-hybridized carbons (Fsp3) is 0.882. The van der Waals surface area contributed by atoms with Gasteiger partial charge >= 0.3 is 11.9 Å². The summed E-state index contributed by atoms with van der Waals surface area (Å²) in [6.07, 6.45) is 4.35. The van der Waals surface area contributed by atoms with Crippen LogP contribution in [-0.4, -0.2) is 49.5 Å². The van der Waals surface area contributed by atoms with Crippen LogP contribution in [-0.2, 0) is 19.1 Å². The first-order valence-corrected chi connectivity index (χ1v) is 8.61. The van der Waals surface area contributed by atoms with Crippen molar-refractivity contribution in [1.29, 1.82) is 0 Å². The first kappa shape index (κ1) is 19.9. The molecule has 0 aromatic heterocycles. The molecule has 0 spiro atoms. The molecule has 0 aromatic carbocycles. The predicted molar refractivity (Wildman–Crippen MR) is 86.8 cm³/mol. The summed E-state index contributed by atoms with van der Waals surface area (Å²) in [6.45, 7) is 4.16. The smallest absolute Gasteiger partial charge is 0.312 e. The van der Waals surface area contributed by atoms with Gasteiger partial charge < -0.3 is 19.9 Å². The number of hydrogen-bond acceptors (Lipinski definition) is 6. The maximum atomic E-state index is 12.2. The third-order valence-corrected chi connectivity index (χ3v) is 4.72. The minimum Gasteiger partial charge on any atom is -0.469 e. The molecule has 0 amide bonds. The summed E-state index contributed by atoms with van der Waals surface area (Å²) in [7, 11) is 2.62. The molecule has 4 atom stereocenters. The Morgan fingerprint density at radius 2 is 1.30 bits per heavy atom. The molecule has 2 N–H and O–H groups in total. The fourth-order valence-electron chi connectivity index (χ4n) is 3.44. The van der Waals surface area contributed by atoms with Crippen LogP contribution in [0, 0.1) is 11.8 Å². The van der Waals surface area contributed by atoms with Gasteiger partial charge in [-0.3, -0.25) is 9.59 Å². The topological polar surface area (TPSA) is 84.9 Å². The molecule has 6 nitrogen and oxygen atoms in total. The Kier molecular flexibility index (Phi) is 8.55. The molecule has 0 bridgehead atoms. The molecule has 0 aliphatic carbocycles. The van der Waals surface area contributed by atoms with E-state index >= 15 is 0 Å². The summed E-state index contributed by atoms with van der Waals surface area (Å²) in [5.41, 5.74) is 0. The van der Waals surface area contributed by atoms with Gasteiger partial charge in [-0.2, -0.15) is 0 Å². The van der Waals surface area contributed by atoms with E-state index in [4.69, 9.17) is 9.47 Å². The van der Waals surface area contributed by atoms with Gasteiger partial charge in [0.1, 0.15) is 0 Å². The number of nitrogens with one attached hydrogen (secondary N) is 1. The number of aliphatic hydroxyl groups is 1. The van der Waals surface area contributed by atoms with E-state index in [1.807, 2.05) is 0 Å². The van der Waals surface area contributed by atoms with Crippen molar-refractivity contribution in [1.82, 2.24) is 5.32 Å². The number of carbonyl (C=O) groups is 2. The molecule has 0 aromatic rings. The summed E-state index contributed by atoms with van der Waals surface area (Å²) in [6, 6.07) is -0.361. The van der Waals surface area contributed by atoms with Gasteiger partial charge in [0.25, 0.3) is 0 Å². The van der Waals surface area contributed by atoms with Crippen LogP contribution in [0.4, 0.5) is 0 Å². The SMILES string of the molecule is CCCCC1NC(CCCC)C(C(=O)OC)C(O)C1C(=O)OC. The van der Waals surface area contributed by atoms with Gasteiger partial charge in [0, 0.05) is 12.1 Å². The quantitative estimate of drug-likeness (QED) is 0.659. The van der Waals surface area contributed by atoms with Gasteiger partial charge in [0.15, 0.2) is 0 Å². The van der Waals surface area contributed by atoms with E-state index in [1.54, 1.807) is 0 Å². The molecule has 6 heteroatoms. The normalized spacial score (nSPS) is 30.7. The van der Waals surface area contributed by atoms with Crippen LogP contribution in [0.25, 0.3) is 0 Å². The molecule has 1 saturated heterocycles. The van der Waals surface area contributed by atoms with Crippen molar-refractivity contribution in [2.75, 3.05) is 14.2 Å². The zero-order valence-electron chi connectivity index (χ0n) is 14.7. The highest BCUT2D eigenvalue weighted by Crippen LogP contribution is 2.32. The Labute approximate surface area is 138 Å². The molecular weight excluding hydrogens is 298 g/mol. The minimum absolute atomic E-state index is 0.180. The molecular formula is C17H31NO5. The second-order valence-electron chi connectivity index (χ2n) is 6.25. The monoisotopic (exact) mass is 329 g/mol. The predicted octanol–water partition coefficient (Wildman–Crippen LogP) is 1.65. The number of ether oxygens (including phenoxy) is 2. The molecule has 23 heavy (non-hydrogen) atoms. The lowest BCUT2D eigenvalue weighted by Crippen LogP contribution is -2.63. The van der Waals surface area contributed by atoms with Gasteiger partial charge in [0.05, 0.1) is 32.2 Å². The lowest BCUT2D eigenvalue weighted by Gasteiger charge is -2.43. The standard InChI is InChI=1S/C17H31NO5/c1-5-7-9-11-13(16(20)22-3)15(19)14(17(21)23-4)12(18-11)10-8-6-2/h11-15,18-19H,5-10H2,1-4H3. The highest BCUT2D eigenvalue weighted by molar-refractivity contribution is 5.79. The zero-order valence-corrected chi connectivity index (χ0v) is 14.7. The number of hydrogen-bond donors (Lipinski definition) is 2. The van der Waals surface area contributed by atoms with Crippen molar-refractivity contribution < 1.29 is 24.2 Å². The van der Waals surface area contributed by atoms with Gasteiger partial charge in [-0.25, -0.2) is 0 Å². The maximum absolute atomic E-state index is 12.2. The van der Waals surface area contributed by atoms with Crippen LogP contribution in [0.1, 0.15) is 52.4 Å². The van der Waals surface area contributed by atoms with Crippen molar-refractivity contribution in [2.24, 2.45) is 11.8 Å². The number of piperidine rings is 1. The summed E-state index contributed by atoms with van der Waals surface area (Å²) in [5.74, 6) is -2.44. The number of aliphatic hydroxyl groups excluding tert-OH is 1. The second kappa shape index (κ2) is 9.88. The summed E-state index contributed by atoms with van der Waals surface area (Å²) in [4.78, 5) is 24.3. The molecule has 1 aliphatic heterocycles. The Hall–Kier alpha value is -1.14. The molecule has 1 fully saturated rings. The minimum atomic E-state index is -1.08. The molecule has 0 radical (unpaired) electrons. The third-order valence-electron chi connectivity index (χ3n) is 4.72. The van der Waals surface area contributed by atoms with E-state index in [9.17, 15) is 14.7 Å². The van der Waals surface area contributed by atoms with Crippen molar-refractivity contribution in [3.63, 3.8) is 0 Å². The lowest BCUT2D eigenvalue weighted by atomic mass is 9.74. The molecule has 1 aliphatic rings. The van der Waals surface area contributed by atoms with Crippen molar-refractivity contribution >= 4 is 11.9 Å². The molecule has 134 valence electrons. The number of rotatable bonds is 8. The molecule has 0 saturated carbocycles. The van der Waals surface area contributed by atoms with Crippen LogP contribution in [0.5, 0.6) is 0 Å². The summed E-state index contributed by atoms with van der Waals surface area (Å²) >= 11 is 0. The highest BCUT2D eigenvalue weighted by atomic mass is 16.5. The van der Waals surface area contributed by atoms with Gasteiger partial charge in [-0.05, 0) is 12.8 Å². The second-order valence-corrected chi connectivity index (χ2v) is 6.25. The van der Waals surface area contributed by atoms with E-state index in [0.717, 1.165) is 38.5 Å². The largest absolute Gasteiger partial charge is 0.469 e. The van der Waals surface area contributed by atoms with Crippen LogP contribution in [0.3, 0.4) is 0 Å². The Bertz CT molecular complexity index is 353. The van der Waals surface area contributed by atoms with Gasteiger partial charge in [-0.15, -0.1) is 0 Å². The van der Waals surface area contributed by atoms with Gasteiger partial charge in [0.2, 0.25) is 0 Å². The number of esters is 2. The van der Waals surface area contributed by atoms with E-state index in [1.165, 1.54) is 14.2 Å². The van der Waals surface area contributed by atoms with Crippen LogP contribution in [0.15, 0.2) is 0 Å². The molecule has 4 unspecified atom stereocenters. The van der Waals surface area contributed by atoms with E-state index < -0.39 is 29.9 Å². The Morgan fingerprint density at radius 1 is 0.913 bits per heavy atom. The lowest BCUT2D eigenvalue weighted by molar-refractivity contribution is -0.166. The van der Waals surface area contributed by atoms with Crippen molar-refractivity contribution in [3.8, 4) is 0 Å². The number of carbonyl (C=O) groups excluding carboxylic acids is 2. The zero-order chi connectivity index (χ0) is 17.4. The van der Waals surface area contributed by atoms with Gasteiger partial charge in [-0.1, -0.05) is 39.5 Å². The van der Waals surface area contributed by atoms with E-state index in [-0.39, 0.29) is 12.1 Å². The van der Waals surface area contributed by atoms with Crippen LogP contribution >= 0.6 is 0 Å². The Morgan fingerprint density at radius 3 is 1.61 bits per heavy atom. The first-order valence-electron chi connectivity index (χ1n) is 8.61.